The van der Waals surface area contributed by atoms with E-state index >= 15 is 0 Å². The van der Waals surface area contributed by atoms with Gasteiger partial charge in [0.15, 0.2) is 5.60 Å². The van der Waals surface area contributed by atoms with Crippen molar-refractivity contribution < 1.29 is 23.8 Å². The van der Waals surface area contributed by atoms with Gasteiger partial charge in [0, 0.05) is 33.2 Å². The molecule has 0 fully saturated rings. The van der Waals surface area contributed by atoms with E-state index in [1.807, 2.05) is 0 Å². The maximum absolute atomic E-state index is 14.9. The molecule has 2 atom stereocenters. The number of hydrogen-bond acceptors (Lipinski definition) is 8. The average Bonchev–Trinajstić information content (AvgIpc) is 3.24. The topological polar surface area (TPSA) is 123 Å². The van der Waals surface area contributed by atoms with Gasteiger partial charge in [-0.2, -0.15) is 0 Å². The number of carbonyl (C=O) groups is 2. The number of nitrogens with one attached hydrogen (secondary N) is 2. The molecule has 5 heterocycles. The Morgan fingerprint density at radius 3 is 2.86 bits per heavy atom. The Labute approximate surface area is 215 Å². The number of rotatable bonds is 4. The normalized spacial score (nSPS) is 21.3. The molecule has 0 saturated heterocycles. The van der Waals surface area contributed by atoms with Crippen LogP contribution >= 0.6 is 11.8 Å². The Morgan fingerprint density at radius 2 is 2.14 bits per heavy atom. The van der Waals surface area contributed by atoms with Crippen molar-refractivity contribution in [3.05, 3.63) is 56.1 Å². The van der Waals surface area contributed by atoms with Gasteiger partial charge in [0.1, 0.15) is 12.4 Å². The number of likely N-dealkylation sites (N-methyl/N-ethyl adjacent to an activating group) is 1. The van der Waals surface area contributed by atoms with Gasteiger partial charge in [0.25, 0.3) is 5.56 Å². The van der Waals surface area contributed by atoms with Crippen LogP contribution in [0.15, 0.2) is 21.8 Å². The lowest BCUT2D eigenvalue weighted by Crippen LogP contribution is -2.44. The number of ether oxygens (including phenoxy) is 1. The Morgan fingerprint density at radius 1 is 1.35 bits per heavy atom. The van der Waals surface area contributed by atoms with Crippen LogP contribution in [0.1, 0.15) is 47.2 Å². The number of nitrogens with zero attached hydrogens (tertiary/aromatic N) is 2. The number of halogens is 1. The molecular weight excluding hydrogens is 499 g/mol. The summed E-state index contributed by atoms with van der Waals surface area (Å²) in [6.45, 7) is 3.50. The first-order valence-electron chi connectivity index (χ1n) is 12.1. The van der Waals surface area contributed by atoms with Crippen LogP contribution in [0.4, 0.5) is 4.39 Å². The van der Waals surface area contributed by atoms with Crippen LogP contribution in [0.2, 0.25) is 0 Å². The second-order valence-corrected chi connectivity index (χ2v) is 10.7. The molecule has 0 aliphatic carbocycles. The number of fused-ring (bicyclic) bond motifs is 5. The van der Waals surface area contributed by atoms with Gasteiger partial charge in [-0.25, -0.2) is 14.2 Å². The third-order valence-electron chi connectivity index (χ3n) is 7.58. The number of benzene rings is 1. The lowest BCUT2D eigenvalue weighted by molar-refractivity contribution is -0.172. The highest BCUT2D eigenvalue weighted by Crippen LogP contribution is 2.48. The molecule has 3 aliphatic heterocycles. The Hall–Kier alpha value is -3.28. The quantitative estimate of drug-likeness (QED) is 0.347. The second-order valence-electron chi connectivity index (χ2n) is 9.62. The Bertz CT molecular complexity index is 1600. The smallest absolute Gasteiger partial charge is 0.343 e. The van der Waals surface area contributed by atoms with Crippen LogP contribution in [0.3, 0.4) is 0 Å². The fourth-order valence-corrected chi connectivity index (χ4v) is 6.90. The number of hydrogen-bond donors (Lipinski definition) is 3. The molecule has 3 N–H and O–H groups in total. The van der Waals surface area contributed by atoms with E-state index in [1.54, 1.807) is 31.5 Å². The van der Waals surface area contributed by atoms with Crippen molar-refractivity contribution >= 4 is 34.5 Å². The van der Waals surface area contributed by atoms with Crippen molar-refractivity contribution in [2.75, 3.05) is 19.3 Å². The fourth-order valence-electron chi connectivity index (χ4n) is 5.65. The van der Waals surface area contributed by atoms with E-state index in [4.69, 9.17) is 9.72 Å². The minimum atomic E-state index is -1.94. The monoisotopic (exact) mass is 524 g/mol. The molecular formula is C26H25FN4O5S. The Balaban J connectivity index is 1.63. The van der Waals surface area contributed by atoms with Crippen LogP contribution in [0.25, 0.3) is 22.3 Å². The summed E-state index contributed by atoms with van der Waals surface area (Å²) in [5.74, 6) is -0.855. The second kappa shape index (κ2) is 8.37. The summed E-state index contributed by atoms with van der Waals surface area (Å²) in [7, 11) is 1.69. The maximum atomic E-state index is 14.9. The molecule has 0 radical (unpaired) electrons. The molecule has 1 aromatic carbocycles. The van der Waals surface area contributed by atoms with Crippen LogP contribution in [-0.2, 0) is 33.1 Å². The molecule has 3 aliphatic rings. The first-order chi connectivity index (χ1) is 17.7. The predicted molar refractivity (Wildman–Crippen MR) is 135 cm³/mol. The molecule has 2 aromatic heterocycles. The summed E-state index contributed by atoms with van der Waals surface area (Å²) >= 11 is 1.48. The number of thioether (sulfide) groups is 1. The van der Waals surface area contributed by atoms with Gasteiger partial charge in [-0.05, 0) is 37.6 Å². The third kappa shape index (κ3) is 3.30. The van der Waals surface area contributed by atoms with E-state index in [1.165, 1.54) is 17.8 Å². The summed E-state index contributed by atoms with van der Waals surface area (Å²) < 4.78 is 21.6. The molecule has 1 amide bonds. The van der Waals surface area contributed by atoms with Crippen molar-refractivity contribution in [1.82, 2.24) is 20.2 Å². The van der Waals surface area contributed by atoms with E-state index in [0.29, 0.717) is 28.2 Å². The van der Waals surface area contributed by atoms with Gasteiger partial charge in [-0.1, -0.05) is 6.92 Å². The summed E-state index contributed by atoms with van der Waals surface area (Å²) in [5, 5.41) is 17.8. The van der Waals surface area contributed by atoms with Crippen molar-refractivity contribution in [2.45, 2.75) is 50.0 Å². The van der Waals surface area contributed by atoms with Crippen molar-refractivity contribution in [3.63, 3.8) is 0 Å². The SMILES string of the molecule is CC[C@@]1(O)C(=O)OCc2c1cc1n(c2=O)Cc2c-1nc1cc(F)c(C)c3c1c2[C@H](NC(=O)CNC)CS3. The number of cyclic esters (lactones) is 1. The number of aliphatic hydroxyl groups is 1. The van der Waals surface area contributed by atoms with Gasteiger partial charge >= 0.3 is 5.97 Å². The van der Waals surface area contributed by atoms with Gasteiger partial charge in [-0.3, -0.25) is 9.59 Å². The molecule has 0 bridgehead atoms. The minimum Gasteiger partial charge on any atom is -0.458 e. The number of esters is 1. The van der Waals surface area contributed by atoms with Crippen molar-refractivity contribution in [1.29, 1.82) is 0 Å². The molecule has 0 spiro atoms. The highest BCUT2D eigenvalue weighted by molar-refractivity contribution is 7.99. The van der Waals surface area contributed by atoms with Gasteiger partial charge in [0.2, 0.25) is 5.91 Å². The van der Waals surface area contributed by atoms with E-state index in [9.17, 15) is 23.9 Å². The molecule has 3 aromatic rings. The number of pyridine rings is 2. The first-order valence-corrected chi connectivity index (χ1v) is 13.1. The highest BCUT2D eigenvalue weighted by atomic mass is 32.2. The first kappa shape index (κ1) is 24.1. The Kier molecular flexibility index (Phi) is 5.45. The van der Waals surface area contributed by atoms with Gasteiger partial charge in [-0.15, -0.1) is 11.8 Å². The lowest BCUT2D eigenvalue weighted by Gasteiger charge is -2.31. The van der Waals surface area contributed by atoms with E-state index in [2.05, 4.69) is 10.6 Å². The molecule has 6 rings (SSSR count). The van der Waals surface area contributed by atoms with Crippen molar-refractivity contribution in [2.24, 2.45) is 0 Å². The fraction of sp³-hybridized carbons (Fsp3) is 0.385. The standard InChI is InChI=1S/C26H25FN4O5S/c1-4-26(35)14-5-18-22-12(8-31(18)24(33)13(14)9-36-25(26)34)20-17(29-19(32)7-28-3)10-37-23-11(2)15(27)6-16(30-22)21(20)23/h5-6,17,28,35H,4,7-10H2,1-3H3,(H,29,32)/t17-,26+/m1/s1. The number of carbonyl (C=O) groups excluding carboxylic acids is 2. The lowest BCUT2D eigenvalue weighted by atomic mass is 9.86. The summed E-state index contributed by atoms with van der Waals surface area (Å²) in [5.41, 5.74) is 1.60. The number of aromatic nitrogens is 2. The van der Waals surface area contributed by atoms with Gasteiger partial charge in [0.05, 0.1) is 41.6 Å². The molecule has 11 heteroatoms. The summed E-state index contributed by atoms with van der Waals surface area (Å²) in [4.78, 5) is 44.2. The van der Waals surface area contributed by atoms with E-state index in [-0.39, 0.29) is 60.6 Å². The zero-order chi connectivity index (χ0) is 26.2. The zero-order valence-electron chi connectivity index (χ0n) is 20.5. The minimum absolute atomic E-state index is 0.0373. The molecule has 192 valence electrons. The molecule has 37 heavy (non-hydrogen) atoms. The molecule has 0 unspecified atom stereocenters. The number of amides is 1. The van der Waals surface area contributed by atoms with Crippen LogP contribution in [0.5, 0.6) is 0 Å². The summed E-state index contributed by atoms with van der Waals surface area (Å²) in [6, 6.07) is 2.64. The van der Waals surface area contributed by atoms with Crippen LogP contribution in [0, 0.1) is 12.7 Å². The average molecular weight is 525 g/mol. The van der Waals surface area contributed by atoms with Crippen LogP contribution < -0.4 is 16.2 Å². The largest absolute Gasteiger partial charge is 0.458 e. The van der Waals surface area contributed by atoms with E-state index in [0.717, 1.165) is 21.4 Å². The van der Waals surface area contributed by atoms with Crippen LogP contribution in [-0.4, -0.2) is 45.9 Å². The van der Waals surface area contributed by atoms with Gasteiger partial charge < -0.3 is 25.0 Å². The van der Waals surface area contributed by atoms with E-state index < -0.39 is 11.6 Å². The molecule has 9 nitrogen and oxygen atoms in total. The maximum Gasteiger partial charge on any atom is 0.343 e. The highest BCUT2D eigenvalue weighted by Gasteiger charge is 2.46. The zero-order valence-corrected chi connectivity index (χ0v) is 21.3. The predicted octanol–water partition coefficient (Wildman–Crippen LogP) is 2.01. The van der Waals surface area contributed by atoms with Crippen molar-refractivity contribution in [3.8, 4) is 11.4 Å². The molecule has 0 saturated carbocycles. The third-order valence-corrected chi connectivity index (χ3v) is 8.87. The summed E-state index contributed by atoms with van der Waals surface area (Å²) in [6.07, 6.45) is 0.0373.